The smallest absolute Gasteiger partial charge is 0.282 e. The molecule has 188 valence electrons. The van der Waals surface area contributed by atoms with Crippen molar-refractivity contribution in [3.63, 3.8) is 0 Å². The number of benzene rings is 3. The van der Waals surface area contributed by atoms with E-state index in [9.17, 15) is 14.9 Å². The molecule has 0 spiro atoms. The third-order valence-electron chi connectivity index (χ3n) is 6.53. The molecule has 1 saturated carbocycles. The van der Waals surface area contributed by atoms with Gasteiger partial charge in [0, 0.05) is 22.5 Å². The van der Waals surface area contributed by atoms with E-state index >= 15 is 0 Å². The first kappa shape index (κ1) is 24.8. The molecule has 0 bridgehead atoms. The van der Waals surface area contributed by atoms with Gasteiger partial charge in [-0.05, 0) is 66.4 Å². The van der Waals surface area contributed by atoms with E-state index in [1.54, 1.807) is 36.5 Å². The Morgan fingerprint density at radius 1 is 1.08 bits per heavy atom. The zero-order valence-electron chi connectivity index (χ0n) is 20.0. The van der Waals surface area contributed by atoms with Gasteiger partial charge in [-0.2, -0.15) is 9.78 Å². The van der Waals surface area contributed by atoms with Gasteiger partial charge in [-0.3, -0.25) is 14.9 Å². The van der Waals surface area contributed by atoms with Crippen molar-refractivity contribution in [1.82, 2.24) is 9.66 Å². The Hall–Kier alpha value is -3.85. The van der Waals surface area contributed by atoms with E-state index in [-0.39, 0.29) is 23.8 Å². The summed E-state index contributed by atoms with van der Waals surface area (Å²) in [5.41, 5.74) is 2.06. The topological polar surface area (TPSA) is 99.6 Å². The summed E-state index contributed by atoms with van der Waals surface area (Å²) in [5, 5.41) is 16.1. The van der Waals surface area contributed by atoms with Crippen molar-refractivity contribution in [2.24, 2.45) is 5.10 Å². The van der Waals surface area contributed by atoms with Gasteiger partial charge in [0.1, 0.15) is 18.2 Å². The zero-order valence-corrected chi connectivity index (χ0v) is 21.6. The van der Waals surface area contributed by atoms with Gasteiger partial charge >= 0.3 is 0 Å². The molecule has 8 nitrogen and oxygen atoms in total. The predicted octanol–water partition coefficient (Wildman–Crippen LogP) is 6.58. The van der Waals surface area contributed by atoms with Crippen molar-refractivity contribution in [3.8, 4) is 5.75 Å². The molecule has 1 aliphatic carbocycles. The monoisotopic (exact) mass is 560 g/mol. The molecule has 1 heterocycles. The lowest BCUT2D eigenvalue weighted by Gasteiger charge is -2.22. The maximum Gasteiger partial charge on any atom is 0.282 e. The highest BCUT2D eigenvalue weighted by Crippen LogP contribution is 2.32. The highest BCUT2D eigenvalue weighted by Gasteiger charge is 2.22. The van der Waals surface area contributed by atoms with Crippen LogP contribution in [0, 0.1) is 10.1 Å². The van der Waals surface area contributed by atoms with Crippen molar-refractivity contribution in [2.75, 3.05) is 0 Å². The summed E-state index contributed by atoms with van der Waals surface area (Å²) in [4.78, 5) is 28.8. The zero-order chi connectivity index (χ0) is 25.8. The molecule has 3 aromatic carbocycles. The van der Waals surface area contributed by atoms with E-state index in [1.165, 1.54) is 23.2 Å². The Balaban J connectivity index is 1.38. The Morgan fingerprint density at radius 2 is 1.86 bits per heavy atom. The third kappa shape index (κ3) is 5.77. The number of nitrogens with zero attached hydrogens (tertiary/aromatic N) is 4. The van der Waals surface area contributed by atoms with Crippen molar-refractivity contribution in [2.45, 2.75) is 44.6 Å². The number of hydrogen-bond acceptors (Lipinski definition) is 6. The molecule has 0 amide bonds. The number of ether oxygens (including phenoxy) is 1. The van der Waals surface area contributed by atoms with Crippen LogP contribution in [0.25, 0.3) is 10.9 Å². The maximum absolute atomic E-state index is 13.4. The highest BCUT2D eigenvalue weighted by atomic mass is 79.9. The minimum atomic E-state index is -0.424. The number of halogens is 1. The Bertz CT molecular complexity index is 1530. The van der Waals surface area contributed by atoms with Crippen LogP contribution in [-0.2, 0) is 6.61 Å². The minimum absolute atomic E-state index is 0.0334. The van der Waals surface area contributed by atoms with Gasteiger partial charge in [0.2, 0.25) is 0 Å². The second-order valence-electron chi connectivity index (χ2n) is 9.11. The molecule has 5 rings (SSSR count). The van der Waals surface area contributed by atoms with E-state index in [1.807, 2.05) is 24.3 Å². The van der Waals surface area contributed by atoms with Crippen LogP contribution in [0.1, 0.15) is 55.0 Å². The van der Waals surface area contributed by atoms with Crippen LogP contribution < -0.4 is 10.3 Å². The van der Waals surface area contributed by atoms with Crippen LogP contribution in [0.15, 0.2) is 81.1 Å². The van der Waals surface area contributed by atoms with Gasteiger partial charge in [-0.25, -0.2) is 4.98 Å². The standard InChI is InChI=1S/C28H25BrN4O4/c29-22-11-14-26-25(16-22)28(34)32(27(31-26)21-6-2-1-3-7-21)30-17-19-9-12-24(13-10-19)37-18-20-5-4-8-23(15-20)33(35)36/h4-5,8-17,21H,1-3,6-7,18H2. The first-order chi connectivity index (χ1) is 18.0. The molecule has 9 heteroatoms. The average Bonchev–Trinajstić information content (AvgIpc) is 2.93. The van der Waals surface area contributed by atoms with Crippen LogP contribution in [0.5, 0.6) is 5.75 Å². The van der Waals surface area contributed by atoms with E-state index in [4.69, 9.17) is 9.72 Å². The lowest BCUT2D eigenvalue weighted by atomic mass is 9.88. The quantitative estimate of drug-likeness (QED) is 0.144. The molecule has 0 radical (unpaired) electrons. The van der Waals surface area contributed by atoms with E-state index in [0.717, 1.165) is 35.7 Å². The molecule has 0 aliphatic heterocycles. The van der Waals surface area contributed by atoms with Gasteiger partial charge < -0.3 is 4.74 Å². The summed E-state index contributed by atoms with van der Waals surface area (Å²) >= 11 is 3.45. The number of fused-ring (bicyclic) bond motifs is 1. The van der Waals surface area contributed by atoms with Crippen LogP contribution in [0.3, 0.4) is 0 Å². The number of nitro benzene ring substituents is 1. The molecule has 0 saturated heterocycles. The Kier molecular flexibility index (Phi) is 7.41. The molecule has 0 atom stereocenters. The van der Waals surface area contributed by atoms with Crippen molar-refractivity contribution < 1.29 is 9.66 Å². The summed E-state index contributed by atoms with van der Waals surface area (Å²) in [6, 6.07) is 19.2. The van der Waals surface area contributed by atoms with E-state index < -0.39 is 4.92 Å². The number of aromatic nitrogens is 2. The normalized spacial score (nSPS) is 14.3. The number of non-ortho nitro benzene ring substituents is 1. The van der Waals surface area contributed by atoms with Gasteiger partial charge in [-0.1, -0.05) is 47.3 Å². The fourth-order valence-electron chi connectivity index (χ4n) is 4.60. The molecule has 1 aromatic heterocycles. The average molecular weight is 561 g/mol. The van der Waals surface area contributed by atoms with Gasteiger partial charge in [0.15, 0.2) is 0 Å². The van der Waals surface area contributed by atoms with Crippen LogP contribution in [0.2, 0.25) is 0 Å². The molecule has 1 fully saturated rings. The third-order valence-corrected chi connectivity index (χ3v) is 7.03. The second kappa shape index (κ2) is 11.0. The van der Waals surface area contributed by atoms with Gasteiger partial charge in [-0.15, -0.1) is 0 Å². The molecule has 37 heavy (non-hydrogen) atoms. The molecular weight excluding hydrogens is 536 g/mol. The van der Waals surface area contributed by atoms with Crippen LogP contribution >= 0.6 is 15.9 Å². The lowest BCUT2D eigenvalue weighted by Crippen LogP contribution is -2.25. The number of rotatable bonds is 7. The SMILES string of the molecule is O=c1c2cc(Br)ccc2nc(C2CCCCC2)n1N=Cc1ccc(OCc2cccc([N+](=O)[O-])c2)cc1. The number of hydrogen-bond donors (Lipinski definition) is 0. The summed E-state index contributed by atoms with van der Waals surface area (Å²) in [6.07, 6.45) is 7.12. The maximum atomic E-state index is 13.4. The van der Waals surface area contributed by atoms with Crippen molar-refractivity contribution in [1.29, 1.82) is 0 Å². The molecular formula is C28H25BrN4O4. The van der Waals surface area contributed by atoms with Crippen molar-refractivity contribution >= 4 is 38.7 Å². The second-order valence-corrected chi connectivity index (χ2v) is 10.0. The largest absolute Gasteiger partial charge is 0.489 e. The first-order valence-corrected chi connectivity index (χ1v) is 13.0. The summed E-state index contributed by atoms with van der Waals surface area (Å²) < 4.78 is 8.06. The van der Waals surface area contributed by atoms with E-state index in [2.05, 4.69) is 21.0 Å². The highest BCUT2D eigenvalue weighted by molar-refractivity contribution is 9.10. The fourth-order valence-corrected chi connectivity index (χ4v) is 4.96. The molecule has 1 aliphatic rings. The lowest BCUT2D eigenvalue weighted by molar-refractivity contribution is -0.384. The summed E-state index contributed by atoms with van der Waals surface area (Å²) in [6.45, 7) is 0.216. The van der Waals surface area contributed by atoms with Gasteiger partial charge in [0.05, 0.1) is 22.0 Å². The van der Waals surface area contributed by atoms with E-state index in [0.29, 0.717) is 28.0 Å². The Morgan fingerprint density at radius 3 is 2.62 bits per heavy atom. The summed E-state index contributed by atoms with van der Waals surface area (Å²) in [7, 11) is 0. The van der Waals surface area contributed by atoms with Gasteiger partial charge in [0.25, 0.3) is 11.2 Å². The minimum Gasteiger partial charge on any atom is -0.489 e. The first-order valence-electron chi connectivity index (χ1n) is 12.2. The van der Waals surface area contributed by atoms with Crippen LogP contribution in [0.4, 0.5) is 5.69 Å². The van der Waals surface area contributed by atoms with Crippen LogP contribution in [-0.4, -0.2) is 20.8 Å². The molecule has 4 aromatic rings. The predicted molar refractivity (Wildman–Crippen MR) is 146 cm³/mol. The fraction of sp³-hybridized carbons (Fsp3) is 0.250. The number of nitro groups is 1. The molecule has 0 N–H and O–H groups in total. The van der Waals surface area contributed by atoms with Crippen molar-refractivity contribution in [3.05, 3.63) is 109 Å². The Labute approximate surface area is 221 Å². The molecule has 0 unspecified atom stereocenters. The summed E-state index contributed by atoms with van der Waals surface area (Å²) in [5.74, 6) is 1.55.